The monoisotopic (exact) mass is 386 g/mol. The average molecular weight is 388 g/mol. The summed E-state index contributed by atoms with van der Waals surface area (Å²) in [6, 6.07) is 15.2. The summed E-state index contributed by atoms with van der Waals surface area (Å²) in [4.78, 5) is 8.44. The molecule has 3 rings (SSSR count). The van der Waals surface area contributed by atoms with E-state index in [1.54, 1.807) is 18.6 Å². The van der Waals surface area contributed by atoms with Gasteiger partial charge in [-0.15, -0.1) is 0 Å². The zero-order chi connectivity index (χ0) is 16.1. The number of rotatable bonds is 4. The van der Waals surface area contributed by atoms with Gasteiger partial charge in [-0.05, 0) is 36.4 Å². The molecular weight excluding hydrogens is 376 g/mol. The van der Waals surface area contributed by atoms with Crippen LogP contribution >= 0.6 is 27.5 Å². The minimum atomic E-state index is 0.674. The lowest BCUT2D eigenvalue weighted by Crippen LogP contribution is -2.09. The number of halogens is 2. The molecule has 0 unspecified atom stereocenters. The zero-order valence-corrected chi connectivity index (χ0v) is 14.3. The molecule has 0 saturated carbocycles. The van der Waals surface area contributed by atoms with E-state index in [1.807, 2.05) is 48.5 Å². The summed E-state index contributed by atoms with van der Waals surface area (Å²) in [5, 5.41) is 5.17. The molecule has 0 fully saturated rings. The first kappa shape index (κ1) is 15.6. The van der Waals surface area contributed by atoms with E-state index in [4.69, 9.17) is 11.6 Å². The Morgan fingerprint density at radius 2 is 1.74 bits per heavy atom. The van der Waals surface area contributed by atoms with E-state index in [0.29, 0.717) is 16.4 Å². The quantitative estimate of drug-likeness (QED) is 0.519. The van der Waals surface area contributed by atoms with Crippen LogP contribution in [0.1, 0.15) is 11.3 Å². The maximum Gasteiger partial charge on any atom is 0.118 e. The number of aromatic nitrogens is 2. The summed E-state index contributed by atoms with van der Waals surface area (Å²) in [5.41, 5.74) is 6.20. The Morgan fingerprint density at radius 1 is 1.00 bits per heavy atom. The molecule has 23 heavy (non-hydrogen) atoms. The molecule has 3 aromatic rings. The molecular formula is C17H12BrClN4. The average Bonchev–Trinajstić information content (AvgIpc) is 2.59. The van der Waals surface area contributed by atoms with Crippen LogP contribution in [0.15, 0.2) is 76.7 Å². The van der Waals surface area contributed by atoms with Crippen LogP contribution in [0, 0.1) is 0 Å². The molecule has 4 nitrogen and oxygen atoms in total. The number of nitrogens with one attached hydrogen (secondary N) is 1. The highest BCUT2D eigenvalue weighted by molar-refractivity contribution is 9.10. The summed E-state index contributed by atoms with van der Waals surface area (Å²) >= 11 is 9.37. The van der Waals surface area contributed by atoms with Crippen LogP contribution in [0.2, 0.25) is 5.02 Å². The SMILES string of the molecule is Clc1ccc(/C(=N\Nc2ccc(Br)cc2)c2cnccn2)cc1. The normalized spacial score (nSPS) is 11.3. The van der Waals surface area contributed by atoms with E-state index in [9.17, 15) is 0 Å². The molecule has 0 bridgehead atoms. The third-order valence-corrected chi connectivity index (χ3v) is 3.85. The third-order valence-electron chi connectivity index (χ3n) is 3.06. The van der Waals surface area contributed by atoms with E-state index < -0.39 is 0 Å². The van der Waals surface area contributed by atoms with Crippen molar-refractivity contribution >= 4 is 38.9 Å². The second-order valence-electron chi connectivity index (χ2n) is 4.68. The predicted octanol–water partition coefficient (Wildman–Crippen LogP) is 4.76. The highest BCUT2D eigenvalue weighted by atomic mass is 79.9. The number of nitrogens with zero attached hydrogens (tertiary/aromatic N) is 3. The van der Waals surface area contributed by atoms with Gasteiger partial charge in [-0.25, -0.2) is 0 Å². The number of benzene rings is 2. The highest BCUT2D eigenvalue weighted by Crippen LogP contribution is 2.16. The molecule has 0 aliphatic carbocycles. The molecule has 6 heteroatoms. The molecule has 0 atom stereocenters. The molecule has 0 amide bonds. The van der Waals surface area contributed by atoms with Crippen molar-refractivity contribution in [1.29, 1.82) is 0 Å². The molecule has 0 aliphatic heterocycles. The molecule has 0 saturated heterocycles. The minimum absolute atomic E-state index is 0.674. The lowest BCUT2D eigenvalue weighted by molar-refractivity contribution is 1.17. The lowest BCUT2D eigenvalue weighted by Gasteiger charge is -2.08. The predicted molar refractivity (Wildman–Crippen MR) is 96.9 cm³/mol. The Balaban J connectivity index is 1.96. The van der Waals surface area contributed by atoms with Crippen LogP contribution in [-0.2, 0) is 0 Å². The van der Waals surface area contributed by atoms with Crippen LogP contribution in [-0.4, -0.2) is 15.7 Å². The summed E-state index contributed by atoms with van der Waals surface area (Å²) in [5.74, 6) is 0. The van der Waals surface area contributed by atoms with Crippen molar-refractivity contribution in [3.8, 4) is 0 Å². The van der Waals surface area contributed by atoms with Gasteiger partial charge in [0.05, 0.1) is 11.9 Å². The van der Waals surface area contributed by atoms with Crippen molar-refractivity contribution in [3.63, 3.8) is 0 Å². The standard InChI is InChI=1S/C17H12BrClN4/c18-13-3-7-15(8-4-13)22-23-17(16-11-20-9-10-21-16)12-1-5-14(19)6-2-12/h1-11,22H/b23-17+. The summed E-state index contributed by atoms with van der Waals surface area (Å²) in [6.07, 6.45) is 4.95. The van der Waals surface area contributed by atoms with Crippen molar-refractivity contribution < 1.29 is 0 Å². The van der Waals surface area contributed by atoms with Crippen LogP contribution in [0.3, 0.4) is 0 Å². The van der Waals surface area contributed by atoms with Crippen molar-refractivity contribution in [2.75, 3.05) is 5.43 Å². The molecule has 1 N–H and O–H groups in total. The van der Waals surface area contributed by atoms with Gasteiger partial charge < -0.3 is 0 Å². The number of hydrazone groups is 1. The first-order chi connectivity index (χ1) is 11.2. The van der Waals surface area contributed by atoms with E-state index >= 15 is 0 Å². The van der Waals surface area contributed by atoms with Gasteiger partial charge in [0.2, 0.25) is 0 Å². The molecule has 0 aliphatic rings. The Kier molecular flexibility index (Phi) is 5.00. The number of hydrogen-bond donors (Lipinski definition) is 1. The van der Waals surface area contributed by atoms with Gasteiger partial charge in [0, 0.05) is 27.5 Å². The fourth-order valence-electron chi connectivity index (χ4n) is 1.94. The van der Waals surface area contributed by atoms with Crippen LogP contribution in [0.5, 0.6) is 0 Å². The molecule has 2 aromatic carbocycles. The maximum atomic E-state index is 5.96. The van der Waals surface area contributed by atoms with Gasteiger partial charge in [-0.2, -0.15) is 5.10 Å². The summed E-state index contributed by atoms with van der Waals surface area (Å²) in [6.45, 7) is 0. The van der Waals surface area contributed by atoms with Gasteiger partial charge in [-0.3, -0.25) is 15.4 Å². The molecule has 114 valence electrons. The maximum absolute atomic E-state index is 5.96. The first-order valence-electron chi connectivity index (χ1n) is 6.84. The van der Waals surface area contributed by atoms with Crippen molar-refractivity contribution in [2.24, 2.45) is 5.10 Å². The Bertz CT molecular complexity index is 802. The largest absolute Gasteiger partial charge is 0.278 e. The van der Waals surface area contributed by atoms with Crippen molar-refractivity contribution in [3.05, 3.63) is 87.9 Å². The van der Waals surface area contributed by atoms with E-state index in [2.05, 4.69) is 36.4 Å². The number of hydrogen-bond acceptors (Lipinski definition) is 4. The minimum Gasteiger partial charge on any atom is -0.278 e. The van der Waals surface area contributed by atoms with Gasteiger partial charge in [-0.1, -0.05) is 39.7 Å². The van der Waals surface area contributed by atoms with Gasteiger partial charge in [0.25, 0.3) is 0 Å². The van der Waals surface area contributed by atoms with E-state index in [0.717, 1.165) is 15.7 Å². The second-order valence-corrected chi connectivity index (χ2v) is 6.03. The third kappa shape index (κ3) is 4.15. The van der Waals surface area contributed by atoms with Crippen LogP contribution in [0.4, 0.5) is 5.69 Å². The number of anilines is 1. The highest BCUT2D eigenvalue weighted by Gasteiger charge is 2.09. The molecule has 1 heterocycles. The Hall–Kier alpha value is -2.24. The smallest absolute Gasteiger partial charge is 0.118 e. The Labute approximate surface area is 147 Å². The lowest BCUT2D eigenvalue weighted by atomic mass is 10.1. The van der Waals surface area contributed by atoms with Gasteiger partial charge in [0.1, 0.15) is 11.4 Å². The molecule has 1 aromatic heterocycles. The Morgan fingerprint density at radius 3 is 2.39 bits per heavy atom. The summed E-state index contributed by atoms with van der Waals surface area (Å²) < 4.78 is 1.01. The van der Waals surface area contributed by atoms with Crippen molar-refractivity contribution in [2.45, 2.75) is 0 Å². The fourth-order valence-corrected chi connectivity index (χ4v) is 2.33. The van der Waals surface area contributed by atoms with Crippen LogP contribution in [0.25, 0.3) is 0 Å². The molecule has 0 radical (unpaired) electrons. The second kappa shape index (κ2) is 7.35. The van der Waals surface area contributed by atoms with E-state index in [1.165, 1.54) is 0 Å². The summed E-state index contributed by atoms with van der Waals surface area (Å²) in [7, 11) is 0. The van der Waals surface area contributed by atoms with Crippen LogP contribution < -0.4 is 5.43 Å². The zero-order valence-electron chi connectivity index (χ0n) is 11.9. The van der Waals surface area contributed by atoms with E-state index in [-0.39, 0.29) is 0 Å². The fraction of sp³-hybridized carbons (Fsp3) is 0. The molecule has 0 spiro atoms. The van der Waals surface area contributed by atoms with Crippen molar-refractivity contribution in [1.82, 2.24) is 9.97 Å². The van der Waals surface area contributed by atoms with Gasteiger partial charge in [0.15, 0.2) is 0 Å². The topological polar surface area (TPSA) is 50.2 Å². The first-order valence-corrected chi connectivity index (χ1v) is 8.01. The van der Waals surface area contributed by atoms with Gasteiger partial charge >= 0.3 is 0 Å².